The molecular weight excluding hydrogens is 290 g/mol. The number of fused-ring (bicyclic) bond motifs is 1. The van der Waals surface area contributed by atoms with Gasteiger partial charge in [0.1, 0.15) is 5.82 Å². The molecule has 0 saturated carbocycles. The summed E-state index contributed by atoms with van der Waals surface area (Å²) in [6.45, 7) is 0.949. The van der Waals surface area contributed by atoms with E-state index in [4.69, 9.17) is 0 Å². The van der Waals surface area contributed by atoms with Gasteiger partial charge in [-0.05, 0) is 23.6 Å². The zero-order chi connectivity index (χ0) is 12.5. The van der Waals surface area contributed by atoms with Crippen molar-refractivity contribution in [1.82, 2.24) is 14.1 Å². The zero-order valence-electron chi connectivity index (χ0n) is 10.2. The minimum atomic E-state index is 0.944. The fourth-order valence-electron chi connectivity index (χ4n) is 2.21. The summed E-state index contributed by atoms with van der Waals surface area (Å²) in [6.07, 6.45) is 6.92. The van der Waals surface area contributed by atoms with Crippen LogP contribution in [0.5, 0.6) is 0 Å². The van der Waals surface area contributed by atoms with E-state index in [1.165, 1.54) is 10.9 Å². The van der Waals surface area contributed by atoms with E-state index < -0.39 is 0 Å². The Bertz CT molecular complexity index is 681. The van der Waals surface area contributed by atoms with E-state index in [9.17, 15) is 0 Å². The van der Waals surface area contributed by atoms with E-state index >= 15 is 0 Å². The average Bonchev–Trinajstić information content (AvgIpc) is 2.93. The summed E-state index contributed by atoms with van der Waals surface area (Å²) >= 11 is 3.52. The third kappa shape index (κ3) is 2.08. The number of hydrogen-bond acceptors (Lipinski definition) is 1. The first-order valence-corrected chi connectivity index (χ1v) is 6.74. The van der Waals surface area contributed by atoms with Gasteiger partial charge in [-0.15, -0.1) is 0 Å². The highest BCUT2D eigenvalue weighted by molar-refractivity contribution is 9.10. The van der Waals surface area contributed by atoms with Gasteiger partial charge in [-0.1, -0.05) is 22.0 Å². The van der Waals surface area contributed by atoms with Crippen LogP contribution in [0.4, 0.5) is 0 Å². The van der Waals surface area contributed by atoms with Gasteiger partial charge in [0.2, 0.25) is 0 Å². The highest BCUT2D eigenvalue weighted by atomic mass is 79.9. The first kappa shape index (κ1) is 11.5. The van der Waals surface area contributed by atoms with Crippen molar-refractivity contribution in [3.05, 3.63) is 53.2 Å². The van der Waals surface area contributed by atoms with E-state index in [0.29, 0.717) is 0 Å². The molecule has 0 unspecified atom stereocenters. The SMILES string of the molecule is Cn1ccnc1CCn1ccc2ccc(Br)cc21. The van der Waals surface area contributed by atoms with Crippen molar-refractivity contribution in [2.24, 2.45) is 7.05 Å². The van der Waals surface area contributed by atoms with Gasteiger partial charge in [0.25, 0.3) is 0 Å². The number of nitrogens with zero attached hydrogens (tertiary/aromatic N) is 3. The van der Waals surface area contributed by atoms with Crippen LogP contribution in [0, 0.1) is 0 Å². The van der Waals surface area contributed by atoms with Crippen LogP contribution in [0.3, 0.4) is 0 Å². The second kappa shape index (κ2) is 4.61. The molecular formula is C14H14BrN3. The van der Waals surface area contributed by atoms with Gasteiger partial charge < -0.3 is 9.13 Å². The lowest BCUT2D eigenvalue weighted by molar-refractivity contribution is 0.668. The fourth-order valence-corrected chi connectivity index (χ4v) is 2.56. The molecule has 0 spiro atoms. The molecule has 1 aromatic carbocycles. The molecule has 0 saturated heterocycles. The van der Waals surface area contributed by atoms with Crippen molar-refractivity contribution in [1.29, 1.82) is 0 Å². The van der Waals surface area contributed by atoms with Crippen molar-refractivity contribution in [3.8, 4) is 0 Å². The first-order valence-electron chi connectivity index (χ1n) is 5.94. The summed E-state index contributed by atoms with van der Waals surface area (Å²) in [6, 6.07) is 8.52. The lowest BCUT2D eigenvalue weighted by Crippen LogP contribution is -2.04. The number of halogens is 1. The minimum Gasteiger partial charge on any atom is -0.347 e. The third-order valence-electron chi connectivity index (χ3n) is 3.23. The molecule has 3 rings (SSSR count). The van der Waals surface area contributed by atoms with Gasteiger partial charge in [-0.25, -0.2) is 4.98 Å². The molecule has 0 amide bonds. The van der Waals surface area contributed by atoms with Crippen LogP contribution in [-0.4, -0.2) is 14.1 Å². The molecule has 0 bridgehead atoms. The van der Waals surface area contributed by atoms with Gasteiger partial charge in [0.05, 0.1) is 0 Å². The second-order valence-electron chi connectivity index (χ2n) is 4.42. The summed E-state index contributed by atoms with van der Waals surface area (Å²) in [7, 11) is 2.03. The number of aromatic nitrogens is 3. The number of hydrogen-bond donors (Lipinski definition) is 0. The Morgan fingerprint density at radius 3 is 2.89 bits per heavy atom. The van der Waals surface area contributed by atoms with Crippen LogP contribution >= 0.6 is 15.9 Å². The zero-order valence-corrected chi connectivity index (χ0v) is 11.8. The Labute approximate surface area is 114 Å². The molecule has 0 aliphatic carbocycles. The van der Waals surface area contributed by atoms with Crippen LogP contribution in [-0.2, 0) is 20.0 Å². The van der Waals surface area contributed by atoms with Crippen LogP contribution in [0.25, 0.3) is 10.9 Å². The number of aryl methyl sites for hydroxylation is 3. The molecule has 0 N–H and O–H groups in total. The molecule has 2 aromatic heterocycles. The normalized spacial score (nSPS) is 11.2. The maximum absolute atomic E-state index is 4.35. The standard InChI is InChI=1S/C14H14BrN3/c1-17-9-6-16-14(17)5-8-18-7-4-11-2-3-12(15)10-13(11)18/h2-4,6-7,9-10H,5,8H2,1H3. The van der Waals surface area contributed by atoms with Crippen molar-refractivity contribution >= 4 is 26.8 Å². The Balaban J connectivity index is 1.87. The molecule has 0 aliphatic heterocycles. The van der Waals surface area contributed by atoms with Gasteiger partial charge in [0, 0.05) is 48.6 Å². The summed E-state index contributed by atoms with van der Waals surface area (Å²) in [5.41, 5.74) is 1.26. The largest absolute Gasteiger partial charge is 0.347 e. The monoisotopic (exact) mass is 303 g/mol. The molecule has 3 aromatic rings. The molecule has 0 radical (unpaired) electrons. The Morgan fingerprint density at radius 2 is 2.11 bits per heavy atom. The number of rotatable bonds is 3. The number of imidazole rings is 1. The highest BCUT2D eigenvalue weighted by Gasteiger charge is 2.04. The first-order chi connectivity index (χ1) is 8.74. The van der Waals surface area contributed by atoms with Crippen LogP contribution in [0.15, 0.2) is 47.3 Å². The van der Waals surface area contributed by atoms with Crippen molar-refractivity contribution in [3.63, 3.8) is 0 Å². The topological polar surface area (TPSA) is 22.8 Å². The second-order valence-corrected chi connectivity index (χ2v) is 5.33. The molecule has 3 nitrogen and oxygen atoms in total. The van der Waals surface area contributed by atoms with E-state index in [0.717, 1.165) is 23.3 Å². The Morgan fingerprint density at radius 1 is 1.22 bits per heavy atom. The quantitative estimate of drug-likeness (QED) is 0.727. The van der Waals surface area contributed by atoms with Gasteiger partial charge in [-0.3, -0.25) is 0 Å². The molecule has 18 heavy (non-hydrogen) atoms. The predicted molar refractivity (Wildman–Crippen MR) is 76.6 cm³/mol. The molecule has 2 heterocycles. The fraction of sp³-hybridized carbons (Fsp3) is 0.214. The summed E-state index contributed by atoms with van der Waals surface area (Å²) in [5.74, 6) is 1.12. The Hall–Kier alpha value is -1.55. The molecule has 4 heteroatoms. The molecule has 0 aliphatic rings. The summed E-state index contributed by atoms with van der Waals surface area (Å²) < 4.78 is 5.46. The van der Waals surface area contributed by atoms with E-state index in [-0.39, 0.29) is 0 Å². The van der Waals surface area contributed by atoms with Crippen molar-refractivity contribution < 1.29 is 0 Å². The highest BCUT2D eigenvalue weighted by Crippen LogP contribution is 2.21. The van der Waals surface area contributed by atoms with Crippen LogP contribution in [0.2, 0.25) is 0 Å². The third-order valence-corrected chi connectivity index (χ3v) is 3.73. The van der Waals surface area contributed by atoms with Crippen LogP contribution < -0.4 is 0 Å². The average molecular weight is 304 g/mol. The van der Waals surface area contributed by atoms with Crippen LogP contribution in [0.1, 0.15) is 5.82 Å². The molecule has 0 atom stereocenters. The molecule has 92 valence electrons. The number of benzene rings is 1. The van der Waals surface area contributed by atoms with Crippen molar-refractivity contribution in [2.75, 3.05) is 0 Å². The van der Waals surface area contributed by atoms with E-state index in [1.807, 2.05) is 19.4 Å². The van der Waals surface area contributed by atoms with Gasteiger partial charge in [0.15, 0.2) is 0 Å². The van der Waals surface area contributed by atoms with Gasteiger partial charge >= 0.3 is 0 Å². The maximum atomic E-state index is 4.35. The lowest BCUT2D eigenvalue weighted by atomic mass is 10.2. The van der Waals surface area contributed by atoms with E-state index in [1.54, 1.807) is 0 Å². The Kier molecular flexibility index (Phi) is 2.96. The minimum absolute atomic E-state index is 0.944. The maximum Gasteiger partial charge on any atom is 0.110 e. The smallest absolute Gasteiger partial charge is 0.110 e. The predicted octanol–water partition coefficient (Wildman–Crippen LogP) is 3.38. The van der Waals surface area contributed by atoms with Gasteiger partial charge in [-0.2, -0.15) is 0 Å². The lowest BCUT2D eigenvalue weighted by Gasteiger charge is -2.06. The summed E-state index contributed by atoms with van der Waals surface area (Å²) in [5, 5.41) is 1.28. The van der Waals surface area contributed by atoms with E-state index in [2.05, 4.69) is 60.5 Å². The molecule has 0 fully saturated rings. The van der Waals surface area contributed by atoms with Crippen molar-refractivity contribution in [2.45, 2.75) is 13.0 Å². The summed E-state index contributed by atoms with van der Waals surface area (Å²) in [4.78, 5) is 4.35.